The second-order valence-corrected chi connectivity index (χ2v) is 5.79. The van der Waals surface area contributed by atoms with Crippen LogP contribution in [0.3, 0.4) is 0 Å². The van der Waals surface area contributed by atoms with Crippen molar-refractivity contribution < 1.29 is 14.3 Å². The van der Waals surface area contributed by atoms with E-state index in [9.17, 15) is 9.59 Å². The van der Waals surface area contributed by atoms with E-state index in [0.717, 1.165) is 15.6 Å². The van der Waals surface area contributed by atoms with Gasteiger partial charge in [0.15, 0.2) is 0 Å². The summed E-state index contributed by atoms with van der Waals surface area (Å²) in [6, 6.07) is 5.09. The molecule has 3 amide bonds. The third kappa shape index (κ3) is 3.60. The molecule has 5 nitrogen and oxygen atoms in total. The Morgan fingerprint density at radius 3 is 2.86 bits per heavy atom. The number of hydrogen-bond donors (Lipinski definition) is 1. The highest BCUT2D eigenvalue weighted by molar-refractivity contribution is 14.1. The van der Waals surface area contributed by atoms with Gasteiger partial charge in [-0.2, -0.15) is 0 Å². The minimum Gasteiger partial charge on any atom is -0.480 e. The van der Waals surface area contributed by atoms with Crippen LogP contribution in [0.2, 0.25) is 0 Å². The lowest BCUT2D eigenvalue weighted by molar-refractivity contribution is -0.122. The van der Waals surface area contributed by atoms with Gasteiger partial charge in [0.05, 0.1) is 3.57 Å². The molecule has 0 aliphatic carbocycles. The van der Waals surface area contributed by atoms with Crippen LogP contribution in [-0.4, -0.2) is 30.0 Å². The Bertz CT molecular complexity index is 676. The second kappa shape index (κ2) is 7.31. The number of hydrogen-bond acceptors (Lipinski definition) is 3. The highest BCUT2D eigenvalue weighted by Gasteiger charge is 2.32. The summed E-state index contributed by atoms with van der Waals surface area (Å²) in [7, 11) is 0. The minimum atomic E-state index is -0.373. The van der Waals surface area contributed by atoms with Crippen molar-refractivity contribution in [3.8, 4) is 18.1 Å². The van der Waals surface area contributed by atoms with Crippen LogP contribution in [0.5, 0.6) is 5.75 Å². The van der Waals surface area contributed by atoms with E-state index in [2.05, 4.69) is 33.8 Å². The number of imide groups is 1. The van der Waals surface area contributed by atoms with E-state index < -0.39 is 0 Å². The molecule has 1 heterocycles. The first-order valence-corrected chi connectivity index (χ1v) is 7.85. The van der Waals surface area contributed by atoms with Crippen LogP contribution in [-0.2, 0) is 4.79 Å². The molecule has 114 valence electrons. The lowest BCUT2D eigenvalue weighted by Gasteiger charge is -2.08. The highest BCUT2D eigenvalue weighted by atomic mass is 127. The molecule has 1 fully saturated rings. The quantitative estimate of drug-likeness (QED) is 0.352. The smallest absolute Gasteiger partial charge is 0.329 e. The summed E-state index contributed by atoms with van der Waals surface area (Å²) in [6.45, 7) is 2.54. The highest BCUT2D eigenvalue weighted by Crippen LogP contribution is 2.24. The molecule has 1 aliphatic rings. The molecule has 1 N–H and O–H groups in total. The lowest BCUT2D eigenvalue weighted by atomic mass is 10.2. The van der Waals surface area contributed by atoms with Crippen molar-refractivity contribution in [1.29, 1.82) is 0 Å². The van der Waals surface area contributed by atoms with Gasteiger partial charge in [0.2, 0.25) is 0 Å². The van der Waals surface area contributed by atoms with Crippen molar-refractivity contribution in [1.82, 2.24) is 10.2 Å². The van der Waals surface area contributed by atoms with Gasteiger partial charge in [-0.3, -0.25) is 9.69 Å². The van der Waals surface area contributed by atoms with Crippen LogP contribution in [0.25, 0.3) is 6.08 Å². The molecular formula is C16H15IN2O3. The zero-order valence-corrected chi connectivity index (χ0v) is 14.2. The summed E-state index contributed by atoms with van der Waals surface area (Å²) in [5, 5.41) is 2.59. The molecule has 1 aromatic rings. The number of rotatable bonds is 5. The lowest BCUT2D eigenvalue weighted by Crippen LogP contribution is -2.31. The molecule has 0 radical (unpaired) electrons. The maximum absolute atomic E-state index is 12.1. The molecule has 0 bridgehead atoms. The van der Waals surface area contributed by atoms with Gasteiger partial charge in [0, 0.05) is 6.54 Å². The fourth-order valence-corrected chi connectivity index (χ4v) is 2.70. The number of nitrogens with one attached hydrogen (secondary N) is 1. The van der Waals surface area contributed by atoms with E-state index >= 15 is 0 Å². The first kappa shape index (κ1) is 16.4. The molecule has 0 atom stereocenters. The molecule has 0 aromatic heterocycles. The Labute approximate surface area is 142 Å². The average Bonchev–Trinajstić information content (AvgIpc) is 2.74. The largest absolute Gasteiger partial charge is 0.480 e. The first-order valence-electron chi connectivity index (χ1n) is 6.77. The molecule has 1 aliphatic heterocycles. The number of benzene rings is 1. The summed E-state index contributed by atoms with van der Waals surface area (Å²) in [4.78, 5) is 25.1. The second-order valence-electron chi connectivity index (χ2n) is 4.63. The fraction of sp³-hybridized carbons (Fsp3) is 0.250. The Morgan fingerprint density at radius 2 is 2.23 bits per heavy atom. The van der Waals surface area contributed by atoms with Crippen molar-refractivity contribution >= 4 is 40.6 Å². The van der Waals surface area contributed by atoms with Gasteiger partial charge in [-0.15, -0.1) is 6.42 Å². The van der Waals surface area contributed by atoms with Crippen molar-refractivity contribution in [3.63, 3.8) is 0 Å². The zero-order chi connectivity index (χ0) is 16.1. The number of terminal acetylenes is 1. The summed E-state index contributed by atoms with van der Waals surface area (Å²) >= 11 is 2.13. The van der Waals surface area contributed by atoms with Crippen molar-refractivity contribution in [3.05, 3.63) is 33.0 Å². The van der Waals surface area contributed by atoms with Crippen molar-refractivity contribution in [2.75, 3.05) is 13.2 Å². The van der Waals surface area contributed by atoms with Gasteiger partial charge in [-0.1, -0.05) is 18.9 Å². The van der Waals surface area contributed by atoms with E-state index in [4.69, 9.17) is 11.2 Å². The number of nitrogens with zero attached hydrogens (tertiary/aromatic N) is 1. The number of carbonyl (C=O) groups excluding carboxylic acids is 2. The van der Waals surface area contributed by atoms with Crippen LogP contribution in [0.4, 0.5) is 4.79 Å². The van der Waals surface area contributed by atoms with E-state index in [1.54, 1.807) is 12.1 Å². The maximum atomic E-state index is 12.1. The van der Waals surface area contributed by atoms with Gasteiger partial charge in [-0.25, -0.2) is 4.79 Å². The van der Waals surface area contributed by atoms with Gasteiger partial charge >= 0.3 is 6.03 Å². The zero-order valence-electron chi connectivity index (χ0n) is 12.1. The monoisotopic (exact) mass is 410 g/mol. The summed E-state index contributed by atoms with van der Waals surface area (Å²) in [6.07, 6.45) is 7.55. The third-order valence-corrected chi connectivity index (χ3v) is 3.83. The van der Waals surface area contributed by atoms with Gasteiger partial charge < -0.3 is 10.1 Å². The third-order valence-electron chi connectivity index (χ3n) is 2.99. The number of ether oxygens (including phenoxy) is 1. The van der Waals surface area contributed by atoms with E-state index in [1.807, 2.05) is 19.1 Å². The molecule has 22 heavy (non-hydrogen) atoms. The Hall–Kier alpha value is -2.01. The Kier molecular flexibility index (Phi) is 5.44. The summed E-state index contributed by atoms with van der Waals surface area (Å²) in [5.41, 5.74) is 1.09. The summed E-state index contributed by atoms with van der Waals surface area (Å²) in [5.74, 6) is 2.80. The minimum absolute atomic E-state index is 0.205. The molecule has 1 saturated heterocycles. The number of carbonyl (C=O) groups is 2. The fourth-order valence-electron chi connectivity index (χ4n) is 2.01. The standard InChI is InChI=1S/C16H15IN2O3/c1-3-7-19-15(20)13(18-16(19)21)10-11-5-6-14(12(17)9-11)22-8-4-2/h2,5-6,9-10H,3,7-8H2,1H3,(H,18,21)/b13-10+. The Balaban J connectivity index is 2.20. The number of amides is 3. The average molecular weight is 410 g/mol. The summed E-state index contributed by atoms with van der Waals surface area (Å²) < 4.78 is 6.27. The SMILES string of the molecule is C#CCOc1ccc(/C=C2/NC(=O)N(CCC)C2=O)cc1I. The molecule has 2 rings (SSSR count). The molecule has 0 saturated carbocycles. The van der Waals surface area contributed by atoms with Gasteiger partial charge in [-0.05, 0) is 52.8 Å². The number of urea groups is 1. The predicted octanol–water partition coefficient (Wildman–Crippen LogP) is 2.61. The molecular weight excluding hydrogens is 395 g/mol. The predicted molar refractivity (Wildman–Crippen MR) is 92.0 cm³/mol. The molecule has 1 aromatic carbocycles. The van der Waals surface area contributed by atoms with E-state index in [-0.39, 0.29) is 24.2 Å². The topological polar surface area (TPSA) is 58.6 Å². The van der Waals surface area contributed by atoms with Crippen LogP contribution < -0.4 is 10.1 Å². The van der Waals surface area contributed by atoms with Crippen LogP contribution in [0.15, 0.2) is 23.9 Å². The molecule has 6 heteroatoms. The van der Waals surface area contributed by atoms with E-state index in [0.29, 0.717) is 12.3 Å². The first-order chi connectivity index (χ1) is 10.6. The molecule has 0 spiro atoms. The van der Waals surface area contributed by atoms with E-state index in [1.165, 1.54) is 4.90 Å². The van der Waals surface area contributed by atoms with Gasteiger partial charge in [0.1, 0.15) is 18.1 Å². The van der Waals surface area contributed by atoms with Crippen LogP contribution in [0, 0.1) is 15.9 Å². The molecule has 0 unspecified atom stereocenters. The number of halogens is 1. The van der Waals surface area contributed by atoms with Crippen LogP contribution in [0.1, 0.15) is 18.9 Å². The van der Waals surface area contributed by atoms with Crippen molar-refractivity contribution in [2.45, 2.75) is 13.3 Å². The Morgan fingerprint density at radius 1 is 1.45 bits per heavy atom. The van der Waals surface area contributed by atoms with Crippen LogP contribution >= 0.6 is 22.6 Å². The van der Waals surface area contributed by atoms with Crippen molar-refractivity contribution in [2.24, 2.45) is 0 Å². The van der Waals surface area contributed by atoms with Gasteiger partial charge in [0.25, 0.3) is 5.91 Å². The maximum Gasteiger partial charge on any atom is 0.329 e. The normalized spacial score (nSPS) is 15.9.